The smallest absolute Gasteiger partial charge is 0.225 e. The van der Waals surface area contributed by atoms with E-state index in [4.69, 9.17) is 0 Å². The molecule has 134 valence electrons. The minimum absolute atomic E-state index is 0.0669. The molecule has 3 rings (SSSR count). The van der Waals surface area contributed by atoms with Crippen LogP contribution < -0.4 is 0 Å². The Morgan fingerprint density at radius 3 is 2.60 bits per heavy atom. The van der Waals surface area contributed by atoms with Gasteiger partial charge in [0.2, 0.25) is 5.91 Å². The molecule has 2 atom stereocenters. The molecule has 5 heteroatoms. The lowest BCUT2D eigenvalue weighted by molar-refractivity contribution is -0.137. The van der Waals surface area contributed by atoms with Crippen molar-refractivity contribution in [1.29, 1.82) is 0 Å². The molecule has 0 spiro atoms. The molecule has 1 fully saturated rings. The molecule has 0 bridgehead atoms. The highest BCUT2D eigenvalue weighted by Crippen LogP contribution is 2.27. The molecule has 5 nitrogen and oxygen atoms in total. The Balaban J connectivity index is 1.76. The summed E-state index contributed by atoms with van der Waals surface area (Å²) in [4.78, 5) is 17.4. The molecule has 1 aliphatic heterocycles. The van der Waals surface area contributed by atoms with Gasteiger partial charge in [-0.05, 0) is 39.4 Å². The van der Waals surface area contributed by atoms with Gasteiger partial charge in [-0.15, -0.1) is 0 Å². The van der Waals surface area contributed by atoms with Crippen LogP contribution >= 0.6 is 0 Å². The molecule has 1 aromatic carbocycles. The first-order valence-electron chi connectivity index (χ1n) is 9.01. The van der Waals surface area contributed by atoms with Crippen LogP contribution in [0.2, 0.25) is 0 Å². The zero-order valence-electron chi connectivity index (χ0n) is 15.6. The van der Waals surface area contributed by atoms with Gasteiger partial charge in [0, 0.05) is 31.7 Å². The maximum absolute atomic E-state index is 13.1. The Hall–Kier alpha value is -2.14. The fourth-order valence-corrected chi connectivity index (χ4v) is 3.73. The molecule has 1 saturated heterocycles. The van der Waals surface area contributed by atoms with Crippen LogP contribution in [0.3, 0.4) is 0 Å². The predicted octanol–water partition coefficient (Wildman–Crippen LogP) is 2.97. The van der Waals surface area contributed by atoms with Gasteiger partial charge < -0.3 is 9.80 Å². The first-order valence-corrected chi connectivity index (χ1v) is 9.01. The number of benzene rings is 1. The first kappa shape index (κ1) is 17.7. The fraction of sp³-hybridized carbons (Fsp3) is 0.500. The average molecular weight is 340 g/mol. The number of nitrogens with zero attached hydrogens (tertiary/aromatic N) is 4. The van der Waals surface area contributed by atoms with E-state index in [1.54, 1.807) is 0 Å². The summed E-state index contributed by atoms with van der Waals surface area (Å²) in [7, 11) is 2.12. The number of carbonyl (C=O) groups is 1. The van der Waals surface area contributed by atoms with E-state index in [-0.39, 0.29) is 18.0 Å². The van der Waals surface area contributed by atoms with Crippen LogP contribution in [-0.2, 0) is 4.79 Å². The molecular formula is C20H28N4O. The van der Waals surface area contributed by atoms with Crippen molar-refractivity contribution in [1.82, 2.24) is 19.6 Å². The van der Waals surface area contributed by atoms with Gasteiger partial charge in [0.25, 0.3) is 0 Å². The number of rotatable bonds is 4. The lowest BCUT2D eigenvalue weighted by Crippen LogP contribution is -2.49. The molecular weight excluding hydrogens is 312 g/mol. The first-order chi connectivity index (χ1) is 12.0. The third-order valence-corrected chi connectivity index (χ3v) is 5.02. The summed E-state index contributed by atoms with van der Waals surface area (Å²) in [5.74, 6) is 0.210. The van der Waals surface area contributed by atoms with Crippen LogP contribution in [0.4, 0.5) is 0 Å². The van der Waals surface area contributed by atoms with Crippen molar-refractivity contribution in [2.75, 3.05) is 26.7 Å². The van der Waals surface area contributed by atoms with E-state index in [0.717, 1.165) is 31.0 Å². The number of likely N-dealkylation sites (N-methyl/N-ethyl adjacent to an activating group) is 1. The highest BCUT2D eigenvalue weighted by atomic mass is 16.2. The fourth-order valence-electron chi connectivity index (χ4n) is 3.73. The second-order valence-corrected chi connectivity index (χ2v) is 7.20. The van der Waals surface area contributed by atoms with Crippen LogP contribution in [0.25, 0.3) is 0 Å². The van der Waals surface area contributed by atoms with Crippen LogP contribution in [-0.4, -0.2) is 52.2 Å². The van der Waals surface area contributed by atoms with E-state index in [1.165, 1.54) is 5.56 Å². The molecule has 2 aromatic rings. The van der Waals surface area contributed by atoms with Gasteiger partial charge in [-0.1, -0.05) is 30.3 Å². The summed E-state index contributed by atoms with van der Waals surface area (Å²) in [6.45, 7) is 8.69. The molecule has 25 heavy (non-hydrogen) atoms. The number of aryl methyl sites for hydroxylation is 2. The molecule has 0 N–H and O–H groups in total. The van der Waals surface area contributed by atoms with Gasteiger partial charge in [-0.25, -0.2) is 0 Å². The minimum atomic E-state index is 0.0669. The Labute approximate surface area is 150 Å². The van der Waals surface area contributed by atoms with Gasteiger partial charge in [0.1, 0.15) is 0 Å². The number of hydrogen-bond donors (Lipinski definition) is 0. The summed E-state index contributed by atoms with van der Waals surface area (Å²) in [6.07, 6.45) is 0.481. The van der Waals surface area contributed by atoms with Gasteiger partial charge in [-0.3, -0.25) is 9.48 Å². The second kappa shape index (κ2) is 7.40. The molecule has 0 unspecified atom stereocenters. The summed E-state index contributed by atoms with van der Waals surface area (Å²) >= 11 is 0. The van der Waals surface area contributed by atoms with E-state index in [9.17, 15) is 4.79 Å². The van der Waals surface area contributed by atoms with Gasteiger partial charge in [0.15, 0.2) is 0 Å². The molecule has 1 aromatic heterocycles. The van der Waals surface area contributed by atoms with Crippen LogP contribution in [0.1, 0.15) is 42.4 Å². The van der Waals surface area contributed by atoms with Crippen molar-refractivity contribution in [3.8, 4) is 0 Å². The molecule has 1 aliphatic rings. The number of aromatic nitrogens is 2. The standard InChI is InChI=1S/C20H28N4O/c1-15-12-16(2)24(21-15)17(3)13-20(25)23-11-10-22(4)14-19(23)18-8-6-5-7-9-18/h5-9,12,17,19H,10-11,13-14H2,1-4H3/t17-,19-/m1/s1. The van der Waals surface area contributed by atoms with Crippen molar-refractivity contribution in [2.24, 2.45) is 0 Å². The number of hydrogen-bond acceptors (Lipinski definition) is 3. The SMILES string of the molecule is Cc1cc(C)n([C@H](C)CC(=O)N2CCN(C)C[C@@H]2c2ccccc2)n1. The third kappa shape index (κ3) is 3.93. The second-order valence-electron chi connectivity index (χ2n) is 7.20. The van der Waals surface area contributed by atoms with Gasteiger partial charge >= 0.3 is 0 Å². The van der Waals surface area contributed by atoms with Crippen LogP contribution in [0, 0.1) is 13.8 Å². The summed E-state index contributed by atoms with van der Waals surface area (Å²) in [6, 6.07) is 12.6. The van der Waals surface area contributed by atoms with Crippen molar-refractivity contribution < 1.29 is 4.79 Å². The topological polar surface area (TPSA) is 41.4 Å². The summed E-state index contributed by atoms with van der Waals surface area (Å²) in [5, 5.41) is 4.54. The lowest BCUT2D eigenvalue weighted by Gasteiger charge is -2.40. The minimum Gasteiger partial charge on any atom is -0.333 e. The summed E-state index contributed by atoms with van der Waals surface area (Å²) in [5.41, 5.74) is 3.32. The maximum atomic E-state index is 13.1. The Morgan fingerprint density at radius 1 is 1.24 bits per heavy atom. The van der Waals surface area contributed by atoms with Crippen LogP contribution in [0.15, 0.2) is 36.4 Å². The molecule has 0 aliphatic carbocycles. The third-order valence-electron chi connectivity index (χ3n) is 5.02. The van der Waals surface area contributed by atoms with E-state index < -0.39 is 0 Å². The number of amides is 1. The van der Waals surface area contributed by atoms with Crippen molar-refractivity contribution >= 4 is 5.91 Å². The van der Waals surface area contributed by atoms with Crippen molar-refractivity contribution in [3.05, 3.63) is 53.3 Å². The van der Waals surface area contributed by atoms with Crippen LogP contribution in [0.5, 0.6) is 0 Å². The van der Waals surface area contributed by atoms with Crippen molar-refractivity contribution in [2.45, 2.75) is 39.3 Å². The molecule has 0 saturated carbocycles. The zero-order valence-corrected chi connectivity index (χ0v) is 15.6. The van der Waals surface area contributed by atoms with E-state index in [1.807, 2.05) is 36.7 Å². The molecule has 0 radical (unpaired) electrons. The summed E-state index contributed by atoms with van der Waals surface area (Å²) < 4.78 is 1.97. The normalized spacial score (nSPS) is 19.8. The largest absolute Gasteiger partial charge is 0.333 e. The highest BCUT2D eigenvalue weighted by Gasteiger charge is 2.31. The van der Waals surface area contributed by atoms with E-state index >= 15 is 0 Å². The lowest BCUT2D eigenvalue weighted by atomic mass is 10.0. The number of carbonyl (C=O) groups excluding carboxylic acids is 1. The van der Waals surface area contributed by atoms with Crippen molar-refractivity contribution in [3.63, 3.8) is 0 Å². The van der Waals surface area contributed by atoms with Gasteiger partial charge in [0.05, 0.1) is 17.8 Å². The Morgan fingerprint density at radius 2 is 1.96 bits per heavy atom. The zero-order chi connectivity index (χ0) is 18.0. The average Bonchev–Trinajstić information content (AvgIpc) is 2.94. The monoisotopic (exact) mass is 340 g/mol. The van der Waals surface area contributed by atoms with E-state index in [2.05, 4.69) is 47.1 Å². The highest BCUT2D eigenvalue weighted by molar-refractivity contribution is 5.77. The maximum Gasteiger partial charge on any atom is 0.225 e. The molecule has 2 heterocycles. The Bertz CT molecular complexity index is 725. The Kier molecular flexibility index (Phi) is 5.23. The quantitative estimate of drug-likeness (QED) is 0.859. The predicted molar refractivity (Wildman–Crippen MR) is 99.4 cm³/mol. The van der Waals surface area contributed by atoms with E-state index in [0.29, 0.717) is 6.42 Å². The van der Waals surface area contributed by atoms with Gasteiger partial charge in [-0.2, -0.15) is 5.10 Å². The number of piperazine rings is 1. The molecule has 1 amide bonds.